The van der Waals surface area contributed by atoms with Crippen LogP contribution in [0.2, 0.25) is 0 Å². The summed E-state index contributed by atoms with van der Waals surface area (Å²) < 4.78 is 18.4. The summed E-state index contributed by atoms with van der Waals surface area (Å²) in [6.45, 7) is 7.45. The Morgan fingerprint density at radius 3 is 2.23 bits per heavy atom. The Balaban J connectivity index is 1.53. The zero-order valence-corrected chi connectivity index (χ0v) is 17.2. The molecule has 1 aliphatic heterocycles. The summed E-state index contributed by atoms with van der Waals surface area (Å²) in [5.74, 6) is -0.526. The topological polar surface area (TPSA) is 79.5 Å². The van der Waals surface area contributed by atoms with Gasteiger partial charge in [-0.05, 0) is 43.2 Å². The van der Waals surface area contributed by atoms with Gasteiger partial charge in [-0.3, -0.25) is 9.59 Å². The number of hydrogen-bond acceptors (Lipinski definition) is 5. The van der Waals surface area contributed by atoms with Crippen LogP contribution in [0.15, 0.2) is 34.9 Å². The Morgan fingerprint density at radius 2 is 1.63 bits per heavy atom. The van der Waals surface area contributed by atoms with Crippen LogP contribution in [-0.2, 0) is 0 Å². The van der Waals surface area contributed by atoms with E-state index in [1.807, 2.05) is 19.9 Å². The van der Waals surface area contributed by atoms with Crippen LogP contribution in [0.3, 0.4) is 0 Å². The first kappa shape index (κ1) is 20.0. The molecule has 2 aromatic heterocycles. The van der Waals surface area contributed by atoms with Gasteiger partial charge in [0.2, 0.25) is 0 Å². The minimum atomic E-state index is -0.379. The fourth-order valence-electron chi connectivity index (χ4n) is 3.64. The molecule has 0 aliphatic carbocycles. The Morgan fingerprint density at radius 1 is 1.03 bits per heavy atom. The van der Waals surface area contributed by atoms with E-state index in [1.54, 1.807) is 16.7 Å². The normalized spacial score (nSPS) is 14.6. The quantitative estimate of drug-likeness (QED) is 0.661. The molecule has 0 radical (unpaired) electrons. The van der Waals surface area contributed by atoms with Crippen molar-refractivity contribution in [3.63, 3.8) is 0 Å². The molecule has 4 rings (SSSR count). The number of carbonyl (C=O) groups excluding carboxylic acids is 2. The molecule has 3 aromatic rings. The smallest absolute Gasteiger partial charge is 0.259 e. The number of carbonyl (C=O) groups is 2. The van der Waals surface area contributed by atoms with Gasteiger partial charge in [-0.15, -0.1) is 0 Å². The van der Waals surface area contributed by atoms with Crippen LogP contribution < -0.4 is 0 Å². The lowest BCUT2D eigenvalue weighted by atomic mass is 10.0. The zero-order valence-electron chi connectivity index (χ0n) is 17.2. The van der Waals surface area contributed by atoms with Crippen LogP contribution in [-0.4, -0.2) is 57.9 Å². The third-order valence-electron chi connectivity index (χ3n) is 5.40. The highest BCUT2D eigenvalue weighted by Gasteiger charge is 2.28. The predicted molar refractivity (Wildman–Crippen MR) is 109 cm³/mol. The van der Waals surface area contributed by atoms with E-state index < -0.39 is 0 Å². The number of benzene rings is 1. The molecule has 1 aromatic carbocycles. The Bertz CT molecular complexity index is 1100. The molecule has 7 nitrogen and oxygen atoms in total. The lowest BCUT2D eigenvalue weighted by Crippen LogP contribution is -2.50. The minimum Gasteiger partial charge on any atom is -0.336 e. The first-order chi connectivity index (χ1) is 14.3. The van der Waals surface area contributed by atoms with Gasteiger partial charge in [0, 0.05) is 37.4 Å². The largest absolute Gasteiger partial charge is 0.336 e. The number of nitrogens with zero attached hydrogens (tertiary/aromatic N) is 4. The van der Waals surface area contributed by atoms with Crippen LogP contribution in [0, 0.1) is 12.7 Å². The van der Waals surface area contributed by atoms with Crippen LogP contribution in [0.1, 0.15) is 51.9 Å². The number of piperazine rings is 1. The lowest BCUT2D eigenvalue weighted by molar-refractivity contribution is 0.0536. The van der Waals surface area contributed by atoms with E-state index in [0.29, 0.717) is 54.1 Å². The average molecular weight is 410 g/mol. The number of rotatable bonds is 3. The SMILES string of the molecule is Cc1noc2nc(C(C)C)cc(C(=O)N3CCN(C(=O)c4ccc(F)cc4)CC3)c12. The molecule has 0 atom stereocenters. The van der Waals surface area contributed by atoms with Crippen LogP contribution in [0.4, 0.5) is 4.39 Å². The van der Waals surface area contributed by atoms with Crippen LogP contribution >= 0.6 is 0 Å². The number of halogens is 1. The average Bonchev–Trinajstić information content (AvgIpc) is 3.13. The molecule has 1 fully saturated rings. The number of fused-ring (bicyclic) bond motifs is 1. The second kappa shape index (κ2) is 7.85. The second-order valence-corrected chi connectivity index (χ2v) is 7.79. The van der Waals surface area contributed by atoms with E-state index >= 15 is 0 Å². The van der Waals surface area contributed by atoms with Gasteiger partial charge in [0.25, 0.3) is 17.5 Å². The fraction of sp³-hybridized carbons (Fsp3) is 0.364. The number of aromatic nitrogens is 2. The van der Waals surface area contributed by atoms with E-state index in [4.69, 9.17) is 4.52 Å². The molecule has 1 aliphatic rings. The number of pyridine rings is 1. The maximum atomic E-state index is 13.3. The molecule has 156 valence electrons. The standard InChI is InChI=1S/C22H23FN4O3/c1-13(2)18-12-17(19-14(3)25-30-20(19)24-18)22(29)27-10-8-26(9-11-27)21(28)15-4-6-16(23)7-5-15/h4-7,12-13H,8-11H2,1-3H3. The predicted octanol–water partition coefficient (Wildman–Crippen LogP) is 3.39. The van der Waals surface area contributed by atoms with Crippen molar-refractivity contribution in [2.24, 2.45) is 0 Å². The highest BCUT2D eigenvalue weighted by atomic mass is 19.1. The first-order valence-corrected chi connectivity index (χ1v) is 9.96. The van der Waals surface area contributed by atoms with Gasteiger partial charge in [0.15, 0.2) is 0 Å². The fourth-order valence-corrected chi connectivity index (χ4v) is 3.64. The molecule has 0 bridgehead atoms. The summed E-state index contributed by atoms with van der Waals surface area (Å²) in [6, 6.07) is 7.32. The van der Waals surface area contributed by atoms with Crippen LogP contribution in [0.25, 0.3) is 11.1 Å². The summed E-state index contributed by atoms with van der Waals surface area (Å²) in [4.78, 5) is 33.8. The van der Waals surface area contributed by atoms with E-state index in [2.05, 4.69) is 10.1 Å². The van der Waals surface area contributed by atoms with Crippen molar-refractivity contribution in [2.75, 3.05) is 26.2 Å². The van der Waals surface area contributed by atoms with Crippen molar-refractivity contribution in [1.82, 2.24) is 19.9 Å². The summed E-state index contributed by atoms with van der Waals surface area (Å²) in [5, 5.41) is 4.61. The van der Waals surface area contributed by atoms with Gasteiger partial charge in [-0.2, -0.15) is 0 Å². The summed E-state index contributed by atoms with van der Waals surface area (Å²) >= 11 is 0. The monoisotopic (exact) mass is 410 g/mol. The maximum Gasteiger partial charge on any atom is 0.259 e. The molecule has 0 N–H and O–H groups in total. The Kier molecular flexibility index (Phi) is 5.24. The Labute approximate surface area is 173 Å². The lowest BCUT2D eigenvalue weighted by Gasteiger charge is -2.35. The first-order valence-electron chi connectivity index (χ1n) is 9.96. The van der Waals surface area contributed by atoms with Crippen molar-refractivity contribution in [3.05, 3.63) is 58.7 Å². The molecule has 3 heterocycles. The molecule has 2 amide bonds. The molecule has 8 heteroatoms. The van der Waals surface area contributed by atoms with Crippen LogP contribution in [0.5, 0.6) is 0 Å². The van der Waals surface area contributed by atoms with E-state index in [9.17, 15) is 14.0 Å². The highest BCUT2D eigenvalue weighted by molar-refractivity contribution is 6.06. The molecule has 0 saturated carbocycles. The van der Waals surface area contributed by atoms with Crippen molar-refractivity contribution in [1.29, 1.82) is 0 Å². The molecule has 1 saturated heterocycles. The number of hydrogen-bond donors (Lipinski definition) is 0. The summed E-state index contributed by atoms with van der Waals surface area (Å²) in [7, 11) is 0. The highest BCUT2D eigenvalue weighted by Crippen LogP contribution is 2.26. The van der Waals surface area contributed by atoms with Gasteiger partial charge in [-0.25, -0.2) is 9.37 Å². The van der Waals surface area contributed by atoms with Crippen molar-refractivity contribution in [2.45, 2.75) is 26.7 Å². The van der Waals surface area contributed by atoms with Gasteiger partial charge >= 0.3 is 0 Å². The molecule has 30 heavy (non-hydrogen) atoms. The zero-order chi connectivity index (χ0) is 21.4. The third-order valence-corrected chi connectivity index (χ3v) is 5.40. The number of amides is 2. The maximum absolute atomic E-state index is 13.3. The van der Waals surface area contributed by atoms with Gasteiger partial charge in [0.05, 0.1) is 16.6 Å². The second-order valence-electron chi connectivity index (χ2n) is 7.79. The van der Waals surface area contributed by atoms with Gasteiger partial charge in [0.1, 0.15) is 5.82 Å². The Hall–Kier alpha value is -3.29. The van der Waals surface area contributed by atoms with Crippen molar-refractivity contribution < 1.29 is 18.5 Å². The molecular weight excluding hydrogens is 387 g/mol. The summed E-state index contributed by atoms with van der Waals surface area (Å²) in [5.41, 5.74) is 2.73. The van der Waals surface area contributed by atoms with E-state index in [-0.39, 0.29) is 23.5 Å². The minimum absolute atomic E-state index is 0.121. The molecular formula is C22H23FN4O3. The molecule has 0 spiro atoms. The van der Waals surface area contributed by atoms with Gasteiger partial charge in [-0.1, -0.05) is 19.0 Å². The van der Waals surface area contributed by atoms with E-state index in [0.717, 1.165) is 5.69 Å². The number of aryl methyl sites for hydroxylation is 1. The molecule has 0 unspecified atom stereocenters. The summed E-state index contributed by atoms with van der Waals surface area (Å²) in [6.07, 6.45) is 0. The third kappa shape index (κ3) is 3.65. The van der Waals surface area contributed by atoms with Crippen molar-refractivity contribution in [3.8, 4) is 0 Å². The van der Waals surface area contributed by atoms with E-state index in [1.165, 1.54) is 24.3 Å². The van der Waals surface area contributed by atoms with Crippen molar-refractivity contribution >= 4 is 22.9 Å². The van der Waals surface area contributed by atoms with Gasteiger partial charge < -0.3 is 14.3 Å².